The Balaban J connectivity index is 1.39. The molecule has 1 aliphatic heterocycles. The first-order valence-electron chi connectivity index (χ1n) is 8.95. The molecule has 2 aromatic heterocycles. The molecule has 146 valence electrons. The molecular weight excluding hydrogens is 509 g/mol. The van der Waals surface area contributed by atoms with Gasteiger partial charge in [0.25, 0.3) is 0 Å². The summed E-state index contributed by atoms with van der Waals surface area (Å²) in [4.78, 5) is 25.7. The molecule has 0 spiro atoms. The number of amides is 1. The van der Waals surface area contributed by atoms with Crippen molar-refractivity contribution < 1.29 is 4.79 Å². The molecule has 1 amide bonds. The maximum Gasteiger partial charge on any atom is 0.239 e. The highest BCUT2D eigenvalue weighted by Crippen LogP contribution is 2.32. The van der Waals surface area contributed by atoms with Gasteiger partial charge < -0.3 is 15.5 Å². The average Bonchev–Trinajstić information content (AvgIpc) is 3.09. The van der Waals surface area contributed by atoms with Crippen LogP contribution in [0.4, 0.5) is 5.82 Å². The zero-order chi connectivity index (χ0) is 19.7. The van der Waals surface area contributed by atoms with Gasteiger partial charge in [0.05, 0.1) is 19.1 Å². The normalized spacial score (nSPS) is 15.8. The fourth-order valence-electron chi connectivity index (χ4n) is 3.37. The molecule has 4 rings (SSSR count). The third kappa shape index (κ3) is 4.24. The minimum atomic E-state index is -0.544. The van der Waals surface area contributed by atoms with E-state index in [1.54, 1.807) is 17.7 Å². The lowest BCUT2D eigenvalue weighted by molar-refractivity contribution is -0.132. The van der Waals surface area contributed by atoms with Gasteiger partial charge in [-0.05, 0) is 52.8 Å². The number of fused-ring (bicyclic) bond motifs is 1. The lowest BCUT2D eigenvalue weighted by atomic mass is 10.1. The number of piperazine rings is 1. The highest BCUT2D eigenvalue weighted by Gasteiger charge is 2.27. The van der Waals surface area contributed by atoms with Crippen molar-refractivity contribution >= 4 is 67.5 Å². The first-order valence-corrected chi connectivity index (χ1v) is 11.2. The fraction of sp³-hybridized carbons (Fsp3) is 0.316. The summed E-state index contributed by atoms with van der Waals surface area (Å²) in [5.41, 5.74) is 8.17. The molecule has 1 aromatic carbocycles. The Bertz CT molecular complexity index is 988. The van der Waals surface area contributed by atoms with Gasteiger partial charge >= 0.3 is 0 Å². The number of anilines is 1. The van der Waals surface area contributed by atoms with Gasteiger partial charge in [-0.15, -0.1) is 11.3 Å². The first kappa shape index (κ1) is 19.8. The van der Waals surface area contributed by atoms with Crippen LogP contribution in [0.15, 0.2) is 36.7 Å². The maximum absolute atomic E-state index is 12.8. The van der Waals surface area contributed by atoms with E-state index in [0.29, 0.717) is 24.5 Å². The topological polar surface area (TPSA) is 75.4 Å². The van der Waals surface area contributed by atoms with E-state index < -0.39 is 6.04 Å². The Morgan fingerprint density at radius 2 is 1.93 bits per heavy atom. The number of carbonyl (C=O) groups excluding carboxylic acids is 1. The highest BCUT2D eigenvalue weighted by atomic mass is 127. The van der Waals surface area contributed by atoms with Crippen LogP contribution in [0.3, 0.4) is 0 Å². The summed E-state index contributed by atoms with van der Waals surface area (Å²) in [5.74, 6) is 0.948. The minimum absolute atomic E-state index is 0.00638. The van der Waals surface area contributed by atoms with Crippen LogP contribution in [0.2, 0.25) is 5.02 Å². The zero-order valence-corrected chi connectivity index (χ0v) is 18.7. The fourth-order valence-corrected chi connectivity index (χ4v) is 5.31. The van der Waals surface area contributed by atoms with Gasteiger partial charge in [0.2, 0.25) is 5.91 Å². The number of nitrogens with two attached hydrogens (primary N) is 1. The third-order valence-corrected chi connectivity index (χ3v) is 6.97. The number of carbonyl (C=O) groups is 1. The van der Waals surface area contributed by atoms with Crippen LogP contribution in [-0.4, -0.2) is 53.0 Å². The van der Waals surface area contributed by atoms with Crippen LogP contribution in [0.1, 0.15) is 5.56 Å². The van der Waals surface area contributed by atoms with E-state index in [1.165, 1.54) is 2.88 Å². The summed E-state index contributed by atoms with van der Waals surface area (Å²) in [6.07, 6.45) is 2.12. The number of benzene rings is 1. The van der Waals surface area contributed by atoms with Crippen LogP contribution in [-0.2, 0) is 11.2 Å². The molecule has 3 aromatic rings. The smallest absolute Gasteiger partial charge is 0.239 e. The second-order valence-corrected chi connectivity index (χ2v) is 10.1. The third-order valence-electron chi connectivity index (χ3n) is 4.84. The van der Waals surface area contributed by atoms with E-state index in [0.717, 1.165) is 34.7 Å². The van der Waals surface area contributed by atoms with Gasteiger partial charge in [0.1, 0.15) is 12.1 Å². The van der Waals surface area contributed by atoms with Gasteiger partial charge in [-0.2, -0.15) is 0 Å². The van der Waals surface area contributed by atoms with Crippen LogP contribution >= 0.6 is 45.5 Å². The number of halogens is 2. The Labute approximate surface area is 185 Å². The number of hydrogen-bond acceptors (Lipinski definition) is 6. The molecule has 1 saturated heterocycles. The first-order chi connectivity index (χ1) is 13.5. The van der Waals surface area contributed by atoms with E-state index in [1.807, 2.05) is 29.2 Å². The summed E-state index contributed by atoms with van der Waals surface area (Å²) >= 11 is 9.92. The van der Waals surface area contributed by atoms with E-state index in [-0.39, 0.29) is 5.91 Å². The second kappa shape index (κ2) is 8.48. The quantitative estimate of drug-likeness (QED) is 0.528. The summed E-state index contributed by atoms with van der Waals surface area (Å²) in [5, 5.41) is 0.680. The van der Waals surface area contributed by atoms with Crippen molar-refractivity contribution in [1.29, 1.82) is 0 Å². The number of thiophene rings is 1. The summed E-state index contributed by atoms with van der Waals surface area (Å²) in [6.45, 7) is 2.75. The molecule has 6 nitrogen and oxygen atoms in total. The molecular formula is C19H19ClIN5OS. The number of nitrogens with zero attached hydrogens (tertiary/aromatic N) is 4. The van der Waals surface area contributed by atoms with Crippen molar-refractivity contribution in [2.75, 3.05) is 31.1 Å². The zero-order valence-electron chi connectivity index (χ0n) is 15.0. The molecule has 0 aliphatic carbocycles. The highest BCUT2D eigenvalue weighted by molar-refractivity contribution is 14.1. The van der Waals surface area contributed by atoms with Gasteiger partial charge in [0.15, 0.2) is 0 Å². The molecule has 1 aliphatic rings. The standard InChI is InChI=1S/C19H19ClIN5OS/c20-13-3-1-12(2-4-13)9-14(22)19(27)26-7-5-25(6-8-26)18-17-15(23-11-24-18)10-16(21)28-17/h1-4,10-11,14H,5-9,22H2. The van der Waals surface area contributed by atoms with E-state index >= 15 is 0 Å². The van der Waals surface area contributed by atoms with Crippen LogP contribution in [0.25, 0.3) is 10.2 Å². The Morgan fingerprint density at radius 1 is 1.21 bits per heavy atom. The van der Waals surface area contributed by atoms with Crippen LogP contribution in [0, 0.1) is 2.88 Å². The number of hydrogen-bond donors (Lipinski definition) is 1. The predicted molar refractivity (Wildman–Crippen MR) is 122 cm³/mol. The molecule has 0 saturated carbocycles. The monoisotopic (exact) mass is 527 g/mol. The van der Waals surface area contributed by atoms with Crippen molar-refractivity contribution in [2.45, 2.75) is 12.5 Å². The van der Waals surface area contributed by atoms with Gasteiger partial charge in [-0.1, -0.05) is 23.7 Å². The Morgan fingerprint density at radius 3 is 2.64 bits per heavy atom. The Hall–Kier alpha value is -1.49. The SMILES string of the molecule is NC(Cc1ccc(Cl)cc1)C(=O)N1CCN(c2ncnc3cc(I)sc23)CC1. The van der Waals surface area contributed by atoms with E-state index in [4.69, 9.17) is 17.3 Å². The van der Waals surface area contributed by atoms with E-state index in [9.17, 15) is 4.79 Å². The molecule has 1 fully saturated rings. The minimum Gasteiger partial charge on any atom is -0.352 e. The van der Waals surface area contributed by atoms with Crippen LogP contribution < -0.4 is 10.6 Å². The Kier molecular flexibility index (Phi) is 6.00. The van der Waals surface area contributed by atoms with Crippen molar-refractivity contribution in [3.05, 3.63) is 50.1 Å². The molecule has 1 atom stereocenters. The molecule has 9 heteroatoms. The largest absolute Gasteiger partial charge is 0.352 e. The van der Waals surface area contributed by atoms with Crippen molar-refractivity contribution in [3.63, 3.8) is 0 Å². The predicted octanol–water partition coefficient (Wildman–Crippen LogP) is 3.17. The summed E-state index contributed by atoms with van der Waals surface area (Å²) < 4.78 is 2.29. The molecule has 28 heavy (non-hydrogen) atoms. The molecule has 1 unspecified atom stereocenters. The van der Waals surface area contributed by atoms with Gasteiger partial charge in [-0.25, -0.2) is 9.97 Å². The summed E-state index contributed by atoms with van der Waals surface area (Å²) in [7, 11) is 0. The number of rotatable bonds is 4. The summed E-state index contributed by atoms with van der Waals surface area (Å²) in [6, 6.07) is 8.99. The molecule has 0 radical (unpaired) electrons. The van der Waals surface area contributed by atoms with Crippen molar-refractivity contribution in [2.24, 2.45) is 5.73 Å². The molecule has 2 N–H and O–H groups in total. The average molecular weight is 528 g/mol. The van der Waals surface area contributed by atoms with Crippen LogP contribution in [0.5, 0.6) is 0 Å². The lowest BCUT2D eigenvalue weighted by Gasteiger charge is -2.36. The molecule has 3 heterocycles. The maximum atomic E-state index is 12.8. The van der Waals surface area contributed by atoms with Crippen molar-refractivity contribution in [1.82, 2.24) is 14.9 Å². The number of aromatic nitrogens is 2. The second-order valence-electron chi connectivity index (χ2n) is 6.71. The van der Waals surface area contributed by atoms with E-state index in [2.05, 4.69) is 43.5 Å². The van der Waals surface area contributed by atoms with Gasteiger partial charge in [-0.3, -0.25) is 4.79 Å². The lowest BCUT2D eigenvalue weighted by Crippen LogP contribution is -2.53. The van der Waals surface area contributed by atoms with Crippen molar-refractivity contribution in [3.8, 4) is 0 Å². The molecule has 0 bridgehead atoms. The van der Waals surface area contributed by atoms with Gasteiger partial charge in [0, 0.05) is 31.2 Å².